The van der Waals surface area contributed by atoms with Gasteiger partial charge in [0.1, 0.15) is 5.60 Å². The highest BCUT2D eigenvalue weighted by molar-refractivity contribution is 7.98. The number of hydrogen-bond donors (Lipinski definition) is 0. The van der Waals surface area contributed by atoms with E-state index in [-0.39, 0.29) is 18.2 Å². The van der Waals surface area contributed by atoms with Gasteiger partial charge in [-0.15, -0.1) is 11.8 Å². The van der Waals surface area contributed by atoms with E-state index in [1.807, 2.05) is 25.7 Å². The lowest BCUT2D eigenvalue weighted by Gasteiger charge is -2.44. The zero-order valence-corrected chi connectivity index (χ0v) is 15.6. The van der Waals surface area contributed by atoms with Crippen molar-refractivity contribution in [1.82, 2.24) is 4.90 Å². The van der Waals surface area contributed by atoms with Gasteiger partial charge in [0.2, 0.25) is 0 Å². The number of hydrogen-bond acceptors (Lipinski definition) is 4. The average molecular weight is 347 g/mol. The number of carbonyl (C=O) groups excluding carboxylic acids is 1. The highest BCUT2D eigenvalue weighted by Crippen LogP contribution is 2.34. The second-order valence-electron chi connectivity index (χ2n) is 7.27. The molecule has 130 valence electrons. The molecule has 0 spiro atoms. The summed E-state index contributed by atoms with van der Waals surface area (Å²) >= 11 is 1.74. The SMILES string of the molecule is CSc1ccc(C2=CC3COCC(C2)N3C(=O)OC(C)(C)C)cc1. The summed E-state index contributed by atoms with van der Waals surface area (Å²) in [6.07, 6.45) is 4.80. The largest absolute Gasteiger partial charge is 0.444 e. The number of morpholine rings is 1. The number of nitrogens with zero attached hydrogens (tertiary/aromatic N) is 1. The third-order valence-corrected chi connectivity index (χ3v) is 5.01. The minimum atomic E-state index is -0.482. The van der Waals surface area contributed by atoms with E-state index >= 15 is 0 Å². The summed E-state index contributed by atoms with van der Waals surface area (Å²) in [5.74, 6) is 0. The van der Waals surface area contributed by atoms with Crippen LogP contribution in [0.2, 0.25) is 0 Å². The molecule has 5 heteroatoms. The Morgan fingerprint density at radius 1 is 1.25 bits per heavy atom. The Bertz CT molecular complexity index is 633. The third kappa shape index (κ3) is 3.78. The fourth-order valence-corrected chi connectivity index (χ4v) is 3.62. The Morgan fingerprint density at radius 3 is 2.54 bits per heavy atom. The van der Waals surface area contributed by atoms with Gasteiger partial charge >= 0.3 is 6.09 Å². The van der Waals surface area contributed by atoms with Crippen LogP contribution in [0.5, 0.6) is 0 Å². The lowest BCUT2D eigenvalue weighted by atomic mass is 9.90. The Labute approximate surface area is 148 Å². The first-order valence-corrected chi connectivity index (χ1v) is 9.54. The van der Waals surface area contributed by atoms with Crippen LogP contribution in [0, 0.1) is 0 Å². The number of fused-ring (bicyclic) bond motifs is 2. The van der Waals surface area contributed by atoms with Gasteiger partial charge in [0.05, 0.1) is 25.3 Å². The van der Waals surface area contributed by atoms with Crippen molar-refractivity contribution < 1.29 is 14.3 Å². The lowest BCUT2D eigenvalue weighted by molar-refractivity contribution is -0.0510. The summed E-state index contributed by atoms with van der Waals surface area (Å²) in [4.78, 5) is 15.7. The first-order valence-electron chi connectivity index (χ1n) is 8.31. The summed E-state index contributed by atoms with van der Waals surface area (Å²) in [5, 5.41) is 0. The van der Waals surface area contributed by atoms with E-state index in [2.05, 4.69) is 36.6 Å². The zero-order chi connectivity index (χ0) is 17.3. The predicted molar refractivity (Wildman–Crippen MR) is 97.3 cm³/mol. The molecule has 1 saturated heterocycles. The molecule has 1 aromatic rings. The molecule has 1 fully saturated rings. The number of ether oxygens (including phenoxy) is 2. The molecule has 0 aromatic heterocycles. The van der Waals surface area contributed by atoms with Crippen LogP contribution in [0.25, 0.3) is 5.57 Å². The van der Waals surface area contributed by atoms with Crippen molar-refractivity contribution in [2.45, 2.75) is 49.8 Å². The van der Waals surface area contributed by atoms with Crippen molar-refractivity contribution in [2.75, 3.05) is 19.5 Å². The van der Waals surface area contributed by atoms with E-state index in [9.17, 15) is 4.79 Å². The second kappa shape index (κ2) is 6.81. The Balaban J connectivity index is 1.82. The first kappa shape index (κ1) is 17.4. The molecule has 0 saturated carbocycles. The van der Waals surface area contributed by atoms with Gasteiger partial charge in [-0.1, -0.05) is 18.2 Å². The van der Waals surface area contributed by atoms with Gasteiger partial charge in [-0.3, -0.25) is 4.90 Å². The van der Waals surface area contributed by atoms with Crippen LogP contribution >= 0.6 is 11.8 Å². The molecule has 2 aliphatic heterocycles. The minimum absolute atomic E-state index is 0.0406. The lowest BCUT2D eigenvalue weighted by Crippen LogP contribution is -2.57. The highest BCUT2D eigenvalue weighted by atomic mass is 32.2. The van der Waals surface area contributed by atoms with Gasteiger partial charge in [-0.25, -0.2) is 4.79 Å². The van der Waals surface area contributed by atoms with Crippen LogP contribution in [-0.2, 0) is 9.47 Å². The maximum Gasteiger partial charge on any atom is 0.411 e. The summed E-state index contributed by atoms with van der Waals surface area (Å²) in [6.45, 7) is 6.79. The number of amides is 1. The normalized spacial score (nSPS) is 23.7. The fraction of sp³-hybridized carbons (Fsp3) is 0.526. The van der Waals surface area contributed by atoms with Gasteiger partial charge in [0.25, 0.3) is 0 Å². The standard InChI is InChI=1S/C19H25NO3S/c1-19(2,3)23-18(21)20-15-9-14(10-16(20)12-22-11-15)13-5-7-17(24-4)8-6-13/h5-9,15-16H,10-12H2,1-4H3. The molecule has 0 N–H and O–H groups in total. The number of benzene rings is 1. The molecular formula is C19H25NO3S. The molecule has 0 radical (unpaired) electrons. The zero-order valence-electron chi connectivity index (χ0n) is 14.7. The maximum absolute atomic E-state index is 12.6. The molecular weight excluding hydrogens is 322 g/mol. The summed E-state index contributed by atoms with van der Waals surface area (Å²) in [6, 6.07) is 8.61. The van der Waals surface area contributed by atoms with Crippen molar-refractivity contribution in [3.63, 3.8) is 0 Å². The molecule has 1 aromatic carbocycles. The van der Waals surface area contributed by atoms with Crippen LogP contribution in [0.1, 0.15) is 32.8 Å². The predicted octanol–water partition coefficient (Wildman–Crippen LogP) is 4.20. The van der Waals surface area contributed by atoms with Crippen molar-refractivity contribution in [3.8, 4) is 0 Å². The monoisotopic (exact) mass is 347 g/mol. The summed E-state index contributed by atoms with van der Waals surface area (Å²) < 4.78 is 11.3. The minimum Gasteiger partial charge on any atom is -0.444 e. The summed E-state index contributed by atoms with van der Waals surface area (Å²) in [7, 11) is 0. The first-order chi connectivity index (χ1) is 11.4. The van der Waals surface area contributed by atoms with Crippen molar-refractivity contribution in [3.05, 3.63) is 35.9 Å². The van der Waals surface area contributed by atoms with E-state index < -0.39 is 5.60 Å². The Morgan fingerprint density at radius 2 is 1.96 bits per heavy atom. The topological polar surface area (TPSA) is 38.8 Å². The molecule has 2 unspecified atom stereocenters. The van der Waals surface area contributed by atoms with E-state index in [4.69, 9.17) is 9.47 Å². The van der Waals surface area contributed by atoms with Gasteiger partial charge in [-0.2, -0.15) is 0 Å². The van der Waals surface area contributed by atoms with Gasteiger partial charge in [0.15, 0.2) is 0 Å². The molecule has 2 bridgehead atoms. The van der Waals surface area contributed by atoms with E-state index in [0.717, 1.165) is 6.42 Å². The van der Waals surface area contributed by atoms with Gasteiger partial charge < -0.3 is 9.47 Å². The average Bonchev–Trinajstić information content (AvgIpc) is 2.52. The maximum atomic E-state index is 12.6. The van der Waals surface area contributed by atoms with Crippen molar-refractivity contribution in [2.24, 2.45) is 0 Å². The Hall–Kier alpha value is -1.46. The Kier molecular flexibility index (Phi) is 4.92. The van der Waals surface area contributed by atoms with E-state index in [0.29, 0.717) is 13.2 Å². The third-order valence-electron chi connectivity index (χ3n) is 4.26. The van der Waals surface area contributed by atoms with Crippen LogP contribution < -0.4 is 0 Å². The van der Waals surface area contributed by atoms with Gasteiger partial charge in [-0.05, 0) is 56.7 Å². The molecule has 0 aliphatic carbocycles. The summed E-state index contributed by atoms with van der Waals surface area (Å²) in [5.41, 5.74) is 2.04. The molecule has 3 rings (SSSR count). The van der Waals surface area contributed by atoms with E-state index in [1.165, 1.54) is 16.0 Å². The van der Waals surface area contributed by atoms with Crippen LogP contribution in [-0.4, -0.2) is 48.1 Å². The molecule has 2 aliphatic rings. The number of rotatable bonds is 2. The molecule has 4 nitrogen and oxygen atoms in total. The number of carbonyl (C=O) groups is 1. The van der Waals surface area contributed by atoms with Gasteiger partial charge in [0, 0.05) is 4.90 Å². The molecule has 1 amide bonds. The number of thioether (sulfide) groups is 1. The van der Waals surface area contributed by atoms with Crippen molar-refractivity contribution >= 4 is 23.4 Å². The van der Waals surface area contributed by atoms with Crippen molar-refractivity contribution in [1.29, 1.82) is 0 Å². The smallest absolute Gasteiger partial charge is 0.411 e. The second-order valence-corrected chi connectivity index (χ2v) is 8.15. The highest BCUT2D eigenvalue weighted by Gasteiger charge is 2.40. The van der Waals surface area contributed by atoms with Crippen LogP contribution in [0.4, 0.5) is 4.79 Å². The quantitative estimate of drug-likeness (QED) is 0.752. The van der Waals surface area contributed by atoms with Crippen LogP contribution in [0.15, 0.2) is 35.2 Å². The molecule has 24 heavy (non-hydrogen) atoms. The van der Waals surface area contributed by atoms with E-state index in [1.54, 1.807) is 11.8 Å². The fourth-order valence-electron chi connectivity index (χ4n) is 3.21. The van der Waals surface area contributed by atoms with Crippen LogP contribution in [0.3, 0.4) is 0 Å². The molecule has 2 atom stereocenters. The molecule has 2 heterocycles.